The molecule has 1 aromatic rings. The topological polar surface area (TPSA) is 66.2 Å². The lowest BCUT2D eigenvalue weighted by Crippen LogP contribution is -2.52. The number of thiocarbonyl (C=S) groups is 1. The first-order chi connectivity index (χ1) is 11.4. The number of rotatable bonds is 2. The molecule has 24 heavy (non-hydrogen) atoms. The van der Waals surface area contributed by atoms with Crippen molar-refractivity contribution >= 4 is 57.0 Å². The summed E-state index contributed by atoms with van der Waals surface area (Å²) in [7, 11) is 3.08. The van der Waals surface area contributed by atoms with Crippen LogP contribution in [0.15, 0.2) is 20.5 Å². The Hall–Kier alpha value is -1.71. The summed E-state index contributed by atoms with van der Waals surface area (Å²) in [6, 6.07) is 1.74. The first kappa shape index (κ1) is 17.1. The van der Waals surface area contributed by atoms with Crippen molar-refractivity contribution in [2.45, 2.75) is 0 Å². The quantitative estimate of drug-likeness (QED) is 0.415. The van der Waals surface area contributed by atoms with E-state index in [1.807, 2.05) is 4.90 Å². The Morgan fingerprint density at radius 3 is 2.33 bits per heavy atom. The third-order valence-corrected chi connectivity index (χ3v) is 5.03. The van der Waals surface area contributed by atoms with E-state index in [9.17, 15) is 9.59 Å². The lowest BCUT2D eigenvalue weighted by molar-refractivity contribution is -0.132. The summed E-state index contributed by atoms with van der Waals surface area (Å²) >= 11 is 8.53. The third kappa shape index (κ3) is 2.99. The molecule has 1 aromatic heterocycles. The van der Waals surface area contributed by atoms with Gasteiger partial charge < -0.3 is 14.1 Å². The highest BCUT2D eigenvalue weighted by Gasteiger charge is 2.35. The molecule has 0 bridgehead atoms. The van der Waals surface area contributed by atoms with Crippen molar-refractivity contribution in [3.8, 4) is 0 Å². The second-order valence-electron chi connectivity index (χ2n) is 5.47. The number of carbonyl (C=O) groups is 2. The molecule has 3 rings (SSSR count). The van der Waals surface area contributed by atoms with Gasteiger partial charge in [0.25, 0.3) is 11.8 Å². The summed E-state index contributed by atoms with van der Waals surface area (Å²) < 4.78 is 11.9. The third-order valence-electron chi connectivity index (χ3n) is 3.92. The maximum absolute atomic E-state index is 12.3. The van der Waals surface area contributed by atoms with Crippen molar-refractivity contribution in [2.75, 3.05) is 45.3 Å². The molecule has 0 N–H and O–H groups in total. The van der Waals surface area contributed by atoms with Gasteiger partial charge in [-0.25, -0.2) is 0 Å². The molecule has 2 fully saturated rings. The van der Waals surface area contributed by atoms with Crippen molar-refractivity contribution in [3.05, 3.63) is 21.9 Å². The highest BCUT2D eigenvalue weighted by atomic mass is 79.9. The molecule has 0 atom stereocenters. The van der Waals surface area contributed by atoms with Crippen molar-refractivity contribution in [1.29, 1.82) is 0 Å². The monoisotopic (exact) mass is 413 g/mol. The second kappa shape index (κ2) is 6.66. The van der Waals surface area contributed by atoms with Crippen LogP contribution in [0.1, 0.15) is 5.76 Å². The molecule has 7 nitrogen and oxygen atoms in total. The molecule has 0 spiro atoms. The number of anilines is 1. The average Bonchev–Trinajstić information content (AvgIpc) is 2.96. The summed E-state index contributed by atoms with van der Waals surface area (Å²) in [5.74, 6) is 0.208. The van der Waals surface area contributed by atoms with Crippen LogP contribution in [0.4, 0.5) is 5.88 Å². The molecule has 9 heteroatoms. The fourth-order valence-electron chi connectivity index (χ4n) is 2.55. The van der Waals surface area contributed by atoms with Crippen LogP contribution in [-0.4, -0.2) is 67.1 Å². The van der Waals surface area contributed by atoms with E-state index in [2.05, 4.69) is 15.9 Å². The zero-order chi connectivity index (χ0) is 17.4. The van der Waals surface area contributed by atoms with Crippen LogP contribution in [0.25, 0.3) is 6.08 Å². The fraction of sp³-hybridized carbons (Fsp3) is 0.400. The normalized spacial score (nSPS) is 19.4. The van der Waals surface area contributed by atoms with Crippen molar-refractivity contribution < 1.29 is 18.7 Å². The van der Waals surface area contributed by atoms with E-state index < -0.39 is 11.8 Å². The molecule has 0 unspecified atom stereocenters. The molecule has 0 saturated carbocycles. The lowest BCUT2D eigenvalue weighted by atomic mass is 10.1. The maximum atomic E-state index is 12.3. The molecule has 0 aromatic carbocycles. The summed E-state index contributed by atoms with van der Waals surface area (Å²) in [6.07, 6.45) is 1.45. The molecule has 2 aliphatic heterocycles. The molecule has 2 saturated heterocycles. The van der Waals surface area contributed by atoms with E-state index in [4.69, 9.17) is 21.4 Å². The number of morpholine rings is 1. The van der Waals surface area contributed by atoms with Crippen LogP contribution in [0, 0.1) is 0 Å². The van der Waals surface area contributed by atoms with Gasteiger partial charge in [0, 0.05) is 33.3 Å². The van der Waals surface area contributed by atoms with Gasteiger partial charge in [-0.15, -0.1) is 0 Å². The summed E-state index contributed by atoms with van der Waals surface area (Å²) in [5, 5.41) is 0.178. The molecular weight excluding hydrogens is 398 g/mol. The van der Waals surface area contributed by atoms with Crippen molar-refractivity contribution in [2.24, 2.45) is 0 Å². The van der Waals surface area contributed by atoms with E-state index >= 15 is 0 Å². The molecule has 0 radical (unpaired) electrons. The summed E-state index contributed by atoms with van der Waals surface area (Å²) in [4.78, 5) is 29.2. The van der Waals surface area contributed by atoms with Gasteiger partial charge in [0.15, 0.2) is 5.11 Å². The van der Waals surface area contributed by atoms with Gasteiger partial charge in [-0.2, -0.15) is 0 Å². The fourth-order valence-corrected chi connectivity index (χ4v) is 3.27. The van der Waals surface area contributed by atoms with Gasteiger partial charge in [0.1, 0.15) is 11.3 Å². The van der Waals surface area contributed by atoms with Crippen molar-refractivity contribution in [3.63, 3.8) is 0 Å². The van der Waals surface area contributed by atoms with Crippen LogP contribution in [0.2, 0.25) is 0 Å². The Labute approximate surface area is 152 Å². The Balaban J connectivity index is 1.92. The van der Waals surface area contributed by atoms with Crippen LogP contribution in [0.3, 0.4) is 0 Å². The highest BCUT2D eigenvalue weighted by Crippen LogP contribution is 2.32. The zero-order valence-electron chi connectivity index (χ0n) is 13.2. The largest absolute Gasteiger partial charge is 0.440 e. The smallest absolute Gasteiger partial charge is 0.265 e. The van der Waals surface area contributed by atoms with E-state index in [0.29, 0.717) is 24.9 Å². The van der Waals surface area contributed by atoms with Crippen LogP contribution >= 0.6 is 28.1 Å². The predicted octanol–water partition coefficient (Wildman–Crippen LogP) is 1.48. The minimum Gasteiger partial charge on any atom is -0.440 e. The van der Waals surface area contributed by atoms with E-state index in [1.165, 1.54) is 15.9 Å². The van der Waals surface area contributed by atoms with Gasteiger partial charge in [-0.05, 0) is 34.2 Å². The highest BCUT2D eigenvalue weighted by molar-refractivity contribution is 9.10. The van der Waals surface area contributed by atoms with Gasteiger partial charge in [-0.3, -0.25) is 19.4 Å². The Kier molecular flexibility index (Phi) is 4.75. The number of ether oxygens (including phenoxy) is 1. The Bertz CT molecular complexity index is 713. The van der Waals surface area contributed by atoms with Gasteiger partial charge in [0.2, 0.25) is 5.88 Å². The lowest BCUT2D eigenvalue weighted by Gasteiger charge is -2.31. The van der Waals surface area contributed by atoms with Crippen LogP contribution in [-0.2, 0) is 14.3 Å². The van der Waals surface area contributed by atoms with Gasteiger partial charge in [0.05, 0.1) is 17.7 Å². The van der Waals surface area contributed by atoms with Gasteiger partial charge >= 0.3 is 0 Å². The minimum absolute atomic E-state index is 0.0170. The number of furan rings is 1. The predicted molar refractivity (Wildman–Crippen MR) is 95.6 cm³/mol. The van der Waals surface area contributed by atoms with Crippen molar-refractivity contribution in [1.82, 2.24) is 9.80 Å². The number of amides is 2. The molecule has 2 amide bonds. The minimum atomic E-state index is -0.441. The standard InChI is InChI=1S/C15H16BrN3O4S/c1-17-12(20)10(13(21)18(2)15(17)24)7-9-8-11(16)14(23-9)19-3-5-22-6-4-19/h7-8H,3-6H2,1-2H3. The van der Waals surface area contributed by atoms with E-state index in [-0.39, 0.29) is 10.7 Å². The molecule has 3 heterocycles. The van der Waals surface area contributed by atoms with E-state index in [0.717, 1.165) is 17.6 Å². The molecule has 0 aliphatic carbocycles. The van der Waals surface area contributed by atoms with Crippen LogP contribution in [0.5, 0.6) is 0 Å². The van der Waals surface area contributed by atoms with E-state index in [1.54, 1.807) is 20.2 Å². The average molecular weight is 414 g/mol. The number of nitrogens with zero attached hydrogens (tertiary/aromatic N) is 3. The first-order valence-electron chi connectivity index (χ1n) is 7.34. The second-order valence-corrected chi connectivity index (χ2v) is 6.69. The Morgan fingerprint density at radius 1 is 1.17 bits per heavy atom. The van der Waals surface area contributed by atoms with Gasteiger partial charge in [-0.1, -0.05) is 0 Å². The molecular formula is C15H16BrN3O4S. The molecule has 2 aliphatic rings. The Morgan fingerprint density at radius 2 is 1.75 bits per heavy atom. The number of hydrogen-bond acceptors (Lipinski definition) is 6. The van der Waals surface area contributed by atoms with Crippen LogP contribution < -0.4 is 4.90 Å². The number of carbonyl (C=O) groups excluding carboxylic acids is 2. The first-order valence-corrected chi connectivity index (χ1v) is 8.54. The summed E-state index contributed by atoms with van der Waals surface area (Å²) in [5.41, 5.74) is 0.0170. The maximum Gasteiger partial charge on any atom is 0.265 e. The SMILES string of the molecule is CN1C(=O)C(=Cc2cc(Br)c(N3CCOCC3)o2)C(=O)N(C)C1=S. The number of hydrogen-bond donors (Lipinski definition) is 0. The molecule has 128 valence electrons. The number of halogens is 1. The number of likely N-dealkylation sites (N-methyl/N-ethyl adjacent to an activating group) is 2. The zero-order valence-corrected chi connectivity index (χ0v) is 15.6. The summed E-state index contributed by atoms with van der Waals surface area (Å²) in [6.45, 7) is 2.71.